The van der Waals surface area contributed by atoms with Gasteiger partial charge in [0.2, 0.25) is 0 Å². The highest BCUT2D eigenvalue weighted by Gasteiger charge is 2.62. The lowest BCUT2D eigenvalue weighted by Crippen LogP contribution is -2.40. The molecule has 6 nitrogen and oxygen atoms in total. The minimum Gasteiger partial charge on any atom is -0.364 e. The Bertz CT molecular complexity index is 1140. The Balaban J connectivity index is 1.59. The molecule has 2 aromatic rings. The second-order valence-corrected chi connectivity index (χ2v) is 12.6. The molecule has 1 spiro atoms. The molecular formula is C27H35N5OS. The molecule has 180 valence electrons. The first-order valence-electron chi connectivity index (χ1n) is 12.1. The molecule has 7 heteroatoms. The number of nitrogens with one attached hydrogen (secondary N) is 2. The molecule has 1 amide bonds. The average molecular weight is 478 g/mol. The van der Waals surface area contributed by atoms with Crippen molar-refractivity contribution in [3.63, 3.8) is 0 Å². The van der Waals surface area contributed by atoms with Crippen molar-refractivity contribution in [2.24, 2.45) is 11.3 Å². The molecule has 34 heavy (non-hydrogen) atoms. The molecule has 3 aliphatic rings. The number of aromatic nitrogens is 2. The van der Waals surface area contributed by atoms with E-state index in [4.69, 9.17) is 4.98 Å². The maximum absolute atomic E-state index is 13.4. The van der Waals surface area contributed by atoms with Crippen molar-refractivity contribution in [2.75, 3.05) is 16.8 Å². The van der Waals surface area contributed by atoms with E-state index in [0.717, 1.165) is 41.7 Å². The fourth-order valence-electron chi connectivity index (χ4n) is 5.74. The number of amides is 1. The van der Waals surface area contributed by atoms with Crippen LogP contribution in [0.25, 0.3) is 0 Å². The zero-order valence-electron chi connectivity index (χ0n) is 20.8. The van der Waals surface area contributed by atoms with Crippen LogP contribution in [0.3, 0.4) is 0 Å². The standard InChI is InChI=1S/C27H35N5OS/c1-7-18-13-17-14-27(17)15-26(5,6)32(16-27)23-19(11-12-20(29-23)25(2,3)4)24(33)31-34-22-10-8-9-21(28-18)30-22/h7-12,17-18H,1,13-16H2,2-6H3,(H,28,30)(H,31,33)/t17?,18?,27-/m1/s1. The second-order valence-electron chi connectivity index (χ2n) is 11.8. The van der Waals surface area contributed by atoms with E-state index in [2.05, 4.69) is 61.1 Å². The number of pyridine rings is 2. The van der Waals surface area contributed by atoms with Crippen molar-refractivity contribution >= 4 is 29.5 Å². The molecular weight excluding hydrogens is 442 g/mol. The van der Waals surface area contributed by atoms with E-state index in [0.29, 0.717) is 11.5 Å². The Morgan fingerprint density at radius 2 is 2.00 bits per heavy atom. The summed E-state index contributed by atoms with van der Waals surface area (Å²) in [6, 6.07) is 9.93. The van der Waals surface area contributed by atoms with Crippen LogP contribution in [0.5, 0.6) is 0 Å². The first kappa shape index (κ1) is 23.2. The zero-order chi connectivity index (χ0) is 24.3. The quantitative estimate of drug-likeness (QED) is 0.413. The molecule has 1 saturated heterocycles. The molecule has 3 atom stereocenters. The van der Waals surface area contributed by atoms with E-state index in [9.17, 15) is 4.79 Å². The third-order valence-electron chi connectivity index (χ3n) is 7.62. The Morgan fingerprint density at radius 3 is 2.74 bits per heavy atom. The van der Waals surface area contributed by atoms with E-state index >= 15 is 0 Å². The second kappa shape index (κ2) is 8.01. The van der Waals surface area contributed by atoms with Crippen LogP contribution in [0.2, 0.25) is 0 Å². The number of carbonyl (C=O) groups is 1. The first-order valence-corrected chi connectivity index (χ1v) is 12.9. The van der Waals surface area contributed by atoms with Crippen molar-refractivity contribution in [1.82, 2.24) is 14.7 Å². The molecule has 0 radical (unpaired) electrons. The fraction of sp³-hybridized carbons (Fsp3) is 0.519. The average Bonchev–Trinajstić information content (AvgIpc) is 3.34. The van der Waals surface area contributed by atoms with Gasteiger partial charge in [-0.3, -0.25) is 9.52 Å². The van der Waals surface area contributed by atoms with Crippen molar-refractivity contribution in [3.8, 4) is 0 Å². The van der Waals surface area contributed by atoms with E-state index < -0.39 is 0 Å². The molecule has 5 rings (SSSR count). The van der Waals surface area contributed by atoms with Gasteiger partial charge in [-0.2, -0.15) is 0 Å². The van der Waals surface area contributed by atoms with E-state index in [1.165, 1.54) is 18.4 Å². The molecule has 2 aliphatic heterocycles. The first-order chi connectivity index (χ1) is 16.0. The Kier molecular flexibility index (Phi) is 5.47. The third-order valence-corrected chi connectivity index (χ3v) is 8.34. The van der Waals surface area contributed by atoms with Crippen LogP contribution in [0.4, 0.5) is 11.6 Å². The molecule has 4 bridgehead atoms. The fourth-order valence-corrected chi connectivity index (χ4v) is 6.34. The van der Waals surface area contributed by atoms with Gasteiger partial charge in [0.15, 0.2) is 0 Å². The van der Waals surface area contributed by atoms with Gasteiger partial charge >= 0.3 is 0 Å². The minimum absolute atomic E-state index is 0.0829. The zero-order valence-corrected chi connectivity index (χ0v) is 21.6. The highest BCUT2D eigenvalue weighted by molar-refractivity contribution is 7.97. The van der Waals surface area contributed by atoms with E-state index in [1.807, 2.05) is 36.4 Å². The minimum atomic E-state index is -0.143. The lowest BCUT2D eigenvalue weighted by atomic mass is 9.90. The summed E-state index contributed by atoms with van der Waals surface area (Å²) in [6.07, 6.45) is 5.33. The van der Waals surface area contributed by atoms with Crippen LogP contribution in [0.1, 0.15) is 69.9 Å². The van der Waals surface area contributed by atoms with Gasteiger partial charge in [0.25, 0.3) is 5.91 Å². The predicted molar refractivity (Wildman–Crippen MR) is 139 cm³/mol. The van der Waals surface area contributed by atoms with Crippen LogP contribution in [-0.2, 0) is 5.41 Å². The van der Waals surface area contributed by atoms with E-state index in [1.54, 1.807) is 0 Å². The number of anilines is 2. The van der Waals surface area contributed by atoms with Gasteiger partial charge in [-0.1, -0.05) is 32.9 Å². The van der Waals surface area contributed by atoms with Crippen LogP contribution in [0, 0.1) is 11.3 Å². The van der Waals surface area contributed by atoms with Crippen molar-refractivity contribution in [1.29, 1.82) is 0 Å². The molecule has 2 unspecified atom stereocenters. The Hall–Kier alpha value is -2.54. The summed E-state index contributed by atoms with van der Waals surface area (Å²) in [5, 5.41) is 4.28. The van der Waals surface area contributed by atoms with Crippen molar-refractivity contribution in [3.05, 3.63) is 54.2 Å². The summed E-state index contributed by atoms with van der Waals surface area (Å²) in [5.74, 6) is 2.07. The molecule has 2 aromatic heterocycles. The summed E-state index contributed by atoms with van der Waals surface area (Å²) in [7, 11) is 0. The molecule has 1 aliphatic carbocycles. The Morgan fingerprint density at radius 1 is 1.21 bits per heavy atom. The largest absolute Gasteiger partial charge is 0.364 e. The number of hydrogen-bond donors (Lipinski definition) is 2. The maximum Gasteiger partial charge on any atom is 0.265 e. The lowest BCUT2D eigenvalue weighted by Gasteiger charge is -2.34. The summed E-state index contributed by atoms with van der Waals surface area (Å²) < 4.78 is 3.01. The van der Waals surface area contributed by atoms with Gasteiger partial charge < -0.3 is 10.2 Å². The highest BCUT2D eigenvalue weighted by Crippen LogP contribution is 2.64. The van der Waals surface area contributed by atoms with Gasteiger partial charge in [-0.25, -0.2) is 9.97 Å². The number of nitrogens with zero attached hydrogens (tertiary/aromatic N) is 3. The van der Waals surface area contributed by atoms with Crippen molar-refractivity contribution < 1.29 is 4.79 Å². The topological polar surface area (TPSA) is 70.2 Å². The van der Waals surface area contributed by atoms with E-state index in [-0.39, 0.29) is 28.3 Å². The summed E-state index contributed by atoms with van der Waals surface area (Å²) in [5.41, 5.74) is 1.69. The lowest BCUT2D eigenvalue weighted by molar-refractivity contribution is 0.0984. The van der Waals surface area contributed by atoms with Gasteiger partial charge in [-0.05, 0) is 68.7 Å². The smallest absolute Gasteiger partial charge is 0.265 e. The molecule has 2 N–H and O–H groups in total. The van der Waals surface area contributed by atoms with Gasteiger partial charge in [0.1, 0.15) is 16.7 Å². The van der Waals surface area contributed by atoms with Gasteiger partial charge in [0.05, 0.1) is 5.56 Å². The molecule has 4 heterocycles. The monoisotopic (exact) mass is 477 g/mol. The summed E-state index contributed by atoms with van der Waals surface area (Å²) in [6.45, 7) is 16.1. The molecule has 2 fully saturated rings. The SMILES string of the molecule is C=CC1CC2C[C@@]23CN(c2nc(C(C)(C)C)ccc2C(=O)NSc2cccc(n2)N1)C(C)(C)C3. The van der Waals surface area contributed by atoms with Crippen LogP contribution in [-0.4, -0.2) is 34.0 Å². The summed E-state index contributed by atoms with van der Waals surface area (Å²) in [4.78, 5) is 25.6. The third kappa shape index (κ3) is 4.19. The predicted octanol–water partition coefficient (Wildman–Crippen LogP) is 5.58. The highest BCUT2D eigenvalue weighted by atomic mass is 32.2. The normalized spacial score (nSPS) is 27.9. The Labute approximate surface area is 207 Å². The van der Waals surface area contributed by atoms with Crippen LogP contribution >= 0.6 is 11.9 Å². The maximum atomic E-state index is 13.4. The van der Waals surface area contributed by atoms with Crippen LogP contribution in [0.15, 0.2) is 48.0 Å². The van der Waals surface area contributed by atoms with Crippen LogP contribution < -0.4 is 14.9 Å². The van der Waals surface area contributed by atoms with Gasteiger partial charge in [-0.15, -0.1) is 6.58 Å². The van der Waals surface area contributed by atoms with Gasteiger partial charge in [0, 0.05) is 41.2 Å². The number of hydrogen-bond acceptors (Lipinski definition) is 6. The number of carbonyl (C=O) groups excluding carboxylic acids is 1. The molecule has 0 aromatic carbocycles. The van der Waals surface area contributed by atoms with Crippen molar-refractivity contribution in [2.45, 2.75) is 75.9 Å². The number of rotatable bonds is 1. The number of fused-ring (bicyclic) bond motifs is 5. The summed E-state index contributed by atoms with van der Waals surface area (Å²) >= 11 is 1.24. The molecule has 1 saturated carbocycles.